The molecule has 2 heterocycles. The molecule has 1 aromatic rings. The van der Waals surface area contributed by atoms with Gasteiger partial charge in [0.1, 0.15) is 5.69 Å². The van der Waals surface area contributed by atoms with Gasteiger partial charge < -0.3 is 15.2 Å². The van der Waals surface area contributed by atoms with Gasteiger partial charge in [-0.3, -0.25) is 4.79 Å². The molecule has 2 N–H and O–H groups in total. The highest BCUT2D eigenvalue weighted by molar-refractivity contribution is 6.31. The molecule has 1 amide bonds. The third kappa shape index (κ3) is 2.87. The van der Waals surface area contributed by atoms with Crippen LogP contribution in [0, 0.1) is 0 Å². The minimum atomic E-state index is -0.113. The molecule has 2 rings (SSSR count). The van der Waals surface area contributed by atoms with Crippen LogP contribution in [0.5, 0.6) is 0 Å². The van der Waals surface area contributed by atoms with Crippen LogP contribution in [0.2, 0.25) is 5.02 Å². The van der Waals surface area contributed by atoms with Crippen LogP contribution in [0.15, 0.2) is 12.3 Å². The molecule has 0 radical (unpaired) electrons. The number of carbonyl (C=O) groups is 1. The fraction of sp³-hybridized carbons (Fsp3) is 0.615. The van der Waals surface area contributed by atoms with E-state index in [0.717, 1.165) is 32.5 Å². The topological polar surface area (TPSA) is 46.1 Å². The Labute approximate surface area is 113 Å². The van der Waals surface area contributed by atoms with E-state index >= 15 is 0 Å². The Morgan fingerprint density at radius 2 is 2.22 bits per heavy atom. The van der Waals surface area contributed by atoms with Crippen LogP contribution in [-0.4, -0.2) is 29.1 Å². The third-order valence-electron chi connectivity index (χ3n) is 3.56. The Morgan fingerprint density at radius 3 is 2.83 bits per heavy atom. The number of halogens is 1. The van der Waals surface area contributed by atoms with Gasteiger partial charge in [0.25, 0.3) is 5.91 Å². The molecule has 1 aliphatic rings. The van der Waals surface area contributed by atoms with Crippen LogP contribution >= 0.6 is 11.6 Å². The first-order valence-electron chi connectivity index (χ1n) is 6.43. The highest BCUT2D eigenvalue weighted by Crippen LogP contribution is 2.19. The van der Waals surface area contributed by atoms with E-state index in [2.05, 4.69) is 17.6 Å². The van der Waals surface area contributed by atoms with Crippen molar-refractivity contribution >= 4 is 17.5 Å². The van der Waals surface area contributed by atoms with Gasteiger partial charge in [0, 0.05) is 18.3 Å². The molecule has 1 fully saturated rings. The summed E-state index contributed by atoms with van der Waals surface area (Å²) in [6.45, 7) is 6.75. The summed E-state index contributed by atoms with van der Waals surface area (Å²) >= 11 is 5.96. The maximum absolute atomic E-state index is 12.3. The van der Waals surface area contributed by atoms with Gasteiger partial charge in [0.15, 0.2) is 0 Å². The van der Waals surface area contributed by atoms with Crippen LogP contribution < -0.4 is 10.6 Å². The Kier molecular flexibility index (Phi) is 3.97. The zero-order valence-corrected chi connectivity index (χ0v) is 11.7. The van der Waals surface area contributed by atoms with Gasteiger partial charge in [-0.15, -0.1) is 0 Å². The molecular weight excluding hydrogens is 250 g/mol. The number of amides is 1. The Morgan fingerprint density at radius 1 is 1.56 bits per heavy atom. The molecule has 1 aliphatic heterocycles. The average Bonchev–Trinajstić information content (AvgIpc) is 2.71. The third-order valence-corrected chi connectivity index (χ3v) is 3.77. The molecular formula is C13H20ClN3O. The summed E-state index contributed by atoms with van der Waals surface area (Å²) in [4.78, 5) is 12.3. The van der Waals surface area contributed by atoms with Crippen molar-refractivity contribution in [1.82, 2.24) is 15.2 Å². The predicted molar refractivity (Wildman–Crippen MR) is 73.1 cm³/mol. The van der Waals surface area contributed by atoms with E-state index in [1.54, 1.807) is 12.3 Å². The summed E-state index contributed by atoms with van der Waals surface area (Å²) in [5.74, 6) is -0.0341. The zero-order chi connectivity index (χ0) is 13.2. The predicted octanol–water partition coefficient (Wildman–Crippen LogP) is 2.03. The largest absolute Gasteiger partial charge is 0.346 e. The summed E-state index contributed by atoms with van der Waals surface area (Å²) in [7, 11) is 0. The van der Waals surface area contributed by atoms with E-state index in [-0.39, 0.29) is 11.4 Å². The Balaban J connectivity index is 2.11. The van der Waals surface area contributed by atoms with Crippen molar-refractivity contribution in [3.05, 3.63) is 23.0 Å². The van der Waals surface area contributed by atoms with Crippen molar-refractivity contribution in [3.63, 3.8) is 0 Å². The molecule has 0 bridgehead atoms. The van der Waals surface area contributed by atoms with Crippen LogP contribution in [0.3, 0.4) is 0 Å². The number of aromatic nitrogens is 1. The number of hydrogen-bond donors (Lipinski definition) is 2. The number of rotatable bonds is 3. The smallest absolute Gasteiger partial charge is 0.268 e. The van der Waals surface area contributed by atoms with Crippen molar-refractivity contribution in [2.45, 2.75) is 38.8 Å². The SMILES string of the molecule is CCn1cc(Cl)cc1C(=O)NC1(C)CCNCC1. The molecule has 0 unspecified atom stereocenters. The standard InChI is InChI=1S/C13H20ClN3O/c1-3-17-9-10(14)8-11(17)12(18)16-13(2)4-6-15-7-5-13/h8-9,15H,3-7H2,1-2H3,(H,16,18). The number of nitrogens with one attached hydrogen (secondary N) is 2. The van der Waals surface area contributed by atoms with Crippen molar-refractivity contribution in [2.75, 3.05) is 13.1 Å². The molecule has 0 aromatic carbocycles. The van der Waals surface area contributed by atoms with Crippen molar-refractivity contribution in [3.8, 4) is 0 Å². The van der Waals surface area contributed by atoms with E-state index in [0.29, 0.717) is 10.7 Å². The molecule has 1 saturated heterocycles. The van der Waals surface area contributed by atoms with Crippen molar-refractivity contribution in [2.24, 2.45) is 0 Å². The maximum Gasteiger partial charge on any atom is 0.268 e. The highest BCUT2D eigenvalue weighted by Gasteiger charge is 2.29. The molecule has 0 spiro atoms. The second-order valence-corrected chi connectivity index (χ2v) is 5.53. The zero-order valence-electron chi connectivity index (χ0n) is 10.9. The lowest BCUT2D eigenvalue weighted by atomic mass is 9.90. The molecule has 0 atom stereocenters. The minimum absolute atomic E-state index is 0.0341. The van der Waals surface area contributed by atoms with Crippen LogP contribution in [-0.2, 0) is 6.54 Å². The van der Waals surface area contributed by atoms with Gasteiger partial charge in [-0.25, -0.2) is 0 Å². The monoisotopic (exact) mass is 269 g/mol. The maximum atomic E-state index is 12.3. The lowest BCUT2D eigenvalue weighted by Crippen LogP contribution is -2.52. The quantitative estimate of drug-likeness (QED) is 0.882. The number of carbonyl (C=O) groups excluding carboxylic acids is 1. The van der Waals surface area contributed by atoms with Gasteiger partial charge >= 0.3 is 0 Å². The number of aryl methyl sites for hydroxylation is 1. The normalized spacial score (nSPS) is 18.6. The first-order chi connectivity index (χ1) is 8.54. The Bertz CT molecular complexity index is 435. The summed E-state index contributed by atoms with van der Waals surface area (Å²) < 4.78 is 1.88. The lowest BCUT2D eigenvalue weighted by Gasteiger charge is -2.35. The molecule has 0 saturated carbocycles. The summed E-state index contributed by atoms with van der Waals surface area (Å²) in [6, 6.07) is 1.73. The van der Waals surface area contributed by atoms with Gasteiger partial charge in [-0.2, -0.15) is 0 Å². The molecule has 1 aromatic heterocycles. The van der Waals surface area contributed by atoms with E-state index in [1.165, 1.54) is 0 Å². The summed E-state index contributed by atoms with van der Waals surface area (Å²) in [5.41, 5.74) is 0.528. The fourth-order valence-corrected chi connectivity index (χ4v) is 2.59. The van der Waals surface area contributed by atoms with Gasteiger partial charge in [-0.1, -0.05) is 11.6 Å². The fourth-order valence-electron chi connectivity index (χ4n) is 2.37. The molecule has 18 heavy (non-hydrogen) atoms. The first-order valence-corrected chi connectivity index (χ1v) is 6.81. The molecule has 0 aliphatic carbocycles. The molecule has 100 valence electrons. The lowest BCUT2D eigenvalue weighted by molar-refractivity contribution is 0.0878. The number of piperidine rings is 1. The van der Waals surface area contributed by atoms with E-state index in [9.17, 15) is 4.79 Å². The van der Waals surface area contributed by atoms with Gasteiger partial charge in [0.05, 0.1) is 5.02 Å². The summed E-state index contributed by atoms with van der Waals surface area (Å²) in [6.07, 6.45) is 3.71. The minimum Gasteiger partial charge on any atom is -0.346 e. The van der Waals surface area contributed by atoms with E-state index in [1.807, 2.05) is 11.5 Å². The van der Waals surface area contributed by atoms with Crippen LogP contribution in [0.4, 0.5) is 0 Å². The van der Waals surface area contributed by atoms with Crippen molar-refractivity contribution in [1.29, 1.82) is 0 Å². The summed E-state index contributed by atoms with van der Waals surface area (Å²) in [5, 5.41) is 7.05. The second kappa shape index (κ2) is 5.33. The van der Waals surface area contributed by atoms with Crippen molar-refractivity contribution < 1.29 is 4.79 Å². The van der Waals surface area contributed by atoms with Crippen LogP contribution in [0.25, 0.3) is 0 Å². The number of nitrogens with zero attached hydrogens (tertiary/aromatic N) is 1. The van der Waals surface area contributed by atoms with E-state index < -0.39 is 0 Å². The van der Waals surface area contributed by atoms with E-state index in [4.69, 9.17) is 11.6 Å². The average molecular weight is 270 g/mol. The van der Waals surface area contributed by atoms with Gasteiger partial charge in [-0.05, 0) is 45.8 Å². The van der Waals surface area contributed by atoms with Crippen LogP contribution in [0.1, 0.15) is 37.2 Å². The highest BCUT2D eigenvalue weighted by atomic mass is 35.5. The van der Waals surface area contributed by atoms with Gasteiger partial charge in [0.2, 0.25) is 0 Å². The molecule has 5 heteroatoms. The molecule has 4 nitrogen and oxygen atoms in total. The Hall–Kier alpha value is -1.00. The number of hydrogen-bond acceptors (Lipinski definition) is 2. The first kappa shape index (κ1) is 13.4. The second-order valence-electron chi connectivity index (χ2n) is 5.09.